The van der Waals surface area contributed by atoms with E-state index in [1.807, 2.05) is 0 Å². The SMILES string of the molecule is CC(C)CCCC(CCCC(C)C)CCCC(CCCC(CCI)CCCC(CCCC(CCCC(C)C)CCCC(C)C)CCCC(CCCC(C)C)CCCC(C)C)CCCC(CCCC(C)C)CCCC(C)C. The van der Waals surface area contributed by atoms with Crippen molar-refractivity contribution < 1.29 is 0 Å². The molecule has 0 rings (SSSR count). The number of alkyl halides is 1. The van der Waals surface area contributed by atoms with Crippen LogP contribution in [-0.4, -0.2) is 4.43 Å². The molecule has 0 saturated heterocycles. The topological polar surface area (TPSA) is 0 Å². The first-order valence-electron chi connectivity index (χ1n) is 35.8. The molecule has 0 fully saturated rings. The van der Waals surface area contributed by atoms with Crippen LogP contribution in [0.3, 0.4) is 0 Å². The lowest BCUT2D eigenvalue weighted by molar-refractivity contribution is 0.290. The van der Waals surface area contributed by atoms with Crippen LogP contribution in [0, 0.1) is 88.8 Å². The van der Waals surface area contributed by atoms with E-state index in [2.05, 4.69) is 133 Å². The molecular weight excluding hydrogens is 1030 g/mol. The summed E-state index contributed by atoms with van der Waals surface area (Å²) in [4.78, 5) is 0. The monoisotopic (exact) mass is 1180 g/mol. The lowest BCUT2D eigenvalue weighted by atomic mass is 9.82. The lowest BCUT2D eigenvalue weighted by Gasteiger charge is -2.24. The van der Waals surface area contributed by atoms with Gasteiger partial charge in [-0.2, -0.15) is 0 Å². The molecular formula is C75H151I. The van der Waals surface area contributed by atoms with Crippen LogP contribution < -0.4 is 0 Å². The first-order valence-corrected chi connectivity index (χ1v) is 37.4. The molecule has 0 spiro atoms. The Morgan fingerprint density at radius 3 is 0.329 bits per heavy atom. The van der Waals surface area contributed by atoms with E-state index < -0.39 is 0 Å². The minimum atomic E-state index is 0.852. The summed E-state index contributed by atoms with van der Waals surface area (Å²) in [5.41, 5.74) is 0. The summed E-state index contributed by atoms with van der Waals surface area (Å²) >= 11 is 2.73. The summed E-state index contributed by atoms with van der Waals surface area (Å²) in [6.07, 6.45) is 63.5. The largest absolute Gasteiger partial charge is 0.0864 e. The van der Waals surface area contributed by atoms with Gasteiger partial charge in [-0.1, -0.05) is 403 Å². The van der Waals surface area contributed by atoms with Crippen molar-refractivity contribution in [2.45, 2.75) is 387 Å². The Hall–Kier alpha value is 0.730. The highest BCUT2D eigenvalue weighted by Gasteiger charge is 2.20. The van der Waals surface area contributed by atoms with Crippen molar-refractivity contribution in [3.05, 3.63) is 0 Å². The molecule has 76 heavy (non-hydrogen) atoms. The average Bonchev–Trinajstić information content (AvgIpc) is 3.32. The number of halogens is 1. The molecule has 0 aromatic carbocycles. The second kappa shape index (κ2) is 52.5. The quantitative estimate of drug-likeness (QED) is 0.0421. The average molecular weight is 1180 g/mol. The minimum Gasteiger partial charge on any atom is -0.0864 e. The maximum Gasteiger partial charge on any atom is -0.000209 e. The van der Waals surface area contributed by atoms with E-state index in [0.29, 0.717) is 0 Å². The fourth-order valence-corrected chi connectivity index (χ4v) is 14.8. The van der Waals surface area contributed by atoms with E-state index in [-0.39, 0.29) is 0 Å². The third-order valence-corrected chi connectivity index (χ3v) is 19.6. The normalized spacial score (nSPS) is 12.9. The van der Waals surface area contributed by atoms with Crippen LogP contribution in [-0.2, 0) is 0 Å². The second-order valence-electron chi connectivity index (χ2n) is 30.7. The van der Waals surface area contributed by atoms with E-state index in [1.165, 1.54) is 281 Å². The van der Waals surface area contributed by atoms with E-state index in [1.54, 1.807) is 0 Å². The van der Waals surface area contributed by atoms with Gasteiger partial charge in [0, 0.05) is 0 Å². The molecule has 0 aliphatic heterocycles. The highest BCUT2D eigenvalue weighted by atomic mass is 127. The van der Waals surface area contributed by atoms with Crippen LogP contribution in [0.5, 0.6) is 0 Å². The first kappa shape index (κ1) is 76.7. The maximum absolute atomic E-state index is 2.73. The van der Waals surface area contributed by atoms with Crippen molar-refractivity contribution in [3.63, 3.8) is 0 Å². The third kappa shape index (κ3) is 52.8. The molecule has 0 aromatic rings. The van der Waals surface area contributed by atoms with Gasteiger partial charge in [0.25, 0.3) is 0 Å². The molecule has 0 aliphatic carbocycles. The molecule has 0 amide bonds. The first-order chi connectivity index (χ1) is 36.3. The Labute approximate surface area is 499 Å². The molecule has 0 saturated carbocycles. The standard InChI is InChI=1S/C75H151I/c1-61(2)31-17-39-69(40-18-32-62(3)4)47-25-51-73(52-26-48-70(41-19-33-63(5)6)42-20-34-64(7)8)55-29-57-75(59-60-76)58-30-56-74(53-27-49-71(43-21-35-65(9)10)44-22-36-66(11)12)54-28-50-72(45-23-37-67(13)14)46-24-38-68(15)16/h61-75H,17-60H2,1-16H3. The predicted octanol–water partition coefficient (Wildman–Crippen LogP) is 27.8. The van der Waals surface area contributed by atoms with Crippen molar-refractivity contribution in [1.82, 2.24) is 0 Å². The van der Waals surface area contributed by atoms with Crippen LogP contribution in [0.1, 0.15) is 387 Å². The van der Waals surface area contributed by atoms with Crippen LogP contribution in [0.25, 0.3) is 0 Å². The Kier molecular flexibility index (Phi) is 53.0. The van der Waals surface area contributed by atoms with Gasteiger partial charge >= 0.3 is 0 Å². The molecule has 0 atom stereocenters. The smallest absolute Gasteiger partial charge is 0.000209 e. The van der Waals surface area contributed by atoms with Gasteiger partial charge in [-0.15, -0.1) is 0 Å². The highest BCUT2D eigenvalue weighted by Crippen LogP contribution is 2.35. The zero-order valence-corrected chi connectivity index (χ0v) is 58.3. The van der Waals surface area contributed by atoms with Crippen molar-refractivity contribution >= 4 is 22.6 Å². The molecule has 0 N–H and O–H groups in total. The zero-order chi connectivity index (χ0) is 56.8. The highest BCUT2D eigenvalue weighted by molar-refractivity contribution is 14.1. The predicted molar refractivity (Wildman–Crippen MR) is 361 cm³/mol. The van der Waals surface area contributed by atoms with E-state index in [0.717, 1.165) is 88.8 Å². The summed E-state index contributed by atoms with van der Waals surface area (Å²) in [6, 6.07) is 0. The Bertz CT molecular complexity index is 926. The summed E-state index contributed by atoms with van der Waals surface area (Å²) in [5, 5.41) is 0. The van der Waals surface area contributed by atoms with Gasteiger partial charge in [0.2, 0.25) is 0 Å². The maximum atomic E-state index is 2.73. The van der Waals surface area contributed by atoms with Gasteiger partial charge < -0.3 is 0 Å². The van der Waals surface area contributed by atoms with Gasteiger partial charge in [-0.3, -0.25) is 0 Å². The zero-order valence-electron chi connectivity index (χ0n) is 56.2. The van der Waals surface area contributed by atoms with E-state index >= 15 is 0 Å². The second-order valence-corrected chi connectivity index (χ2v) is 31.8. The number of hydrogen-bond acceptors (Lipinski definition) is 0. The van der Waals surface area contributed by atoms with Crippen LogP contribution >= 0.6 is 22.6 Å². The van der Waals surface area contributed by atoms with Crippen LogP contribution in [0.2, 0.25) is 0 Å². The summed E-state index contributed by atoms with van der Waals surface area (Å²) in [5.74, 6) is 13.6. The van der Waals surface area contributed by atoms with Gasteiger partial charge in [-0.25, -0.2) is 0 Å². The van der Waals surface area contributed by atoms with Crippen LogP contribution in [0.4, 0.5) is 0 Å². The molecule has 0 aromatic heterocycles. The molecule has 0 heterocycles. The van der Waals surface area contributed by atoms with Gasteiger partial charge in [0.1, 0.15) is 0 Å². The molecule has 0 unspecified atom stereocenters. The molecule has 0 aliphatic rings. The van der Waals surface area contributed by atoms with Gasteiger partial charge in [0.05, 0.1) is 0 Å². The summed E-state index contributed by atoms with van der Waals surface area (Å²) < 4.78 is 1.35. The van der Waals surface area contributed by atoms with Crippen LogP contribution in [0.15, 0.2) is 0 Å². The summed E-state index contributed by atoms with van der Waals surface area (Å²) in [6.45, 7) is 38.9. The molecule has 1 heteroatoms. The van der Waals surface area contributed by atoms with Crippen molar-refractivity contribution in [1.29, 1.82) is 0 Å². The lowest BCUT2D eigenvalue weighted by Crippen LogP contribution is -2.10. The number of rotatable bonds is 58. The molecule has 0 bridgehead atoms. The Morgan fingerprint density at radius 2 is 0.237 bits per heavy atom. The fraction of sp³-hybridized carbons (Fsp3) is 1.00. The Morgan fingerprint density at radius 1 is 0.145 bits per heavy atom. The molecule has 0 nitrogen and oxygen atoms in total. The summed E-state index contributed by atoms with van der Waals surface area (Å²) in [7, 11) is 0. The number of hydrogen-bond donors (Lipinski definition) is 0. The van der Waals surface area contributed by atoms with E-state index in [4.69, 9.17) is 0 Å². The van der Waals surface area contributed by atoms with Gasteiger partial charge in [0.15, 0.2) is 0 Å². The van der Waals surface area contributed by atoms with Crippen molar-refractivity contribution in [3.8, 4) is 0 Å². The van der Waals surface area contributed by atoms with Crippen molar-refractivity contribution in [2.75, 3.05) is 4.43 Å². The molecule has 458 valence electrons. The molecule has 0 radical (unpaired) electrons. The third-order valence-electron chi connectivity index (χ3n) is 19.0. The fourth-order valence-electron chi connectivity index (χ4n) is 13.9. The van der Waals surface area contributed by atoms with Crippen molar-refractivity contribution in [2.24, 2.45) is 88.8 Å². The minimum absolute atomic E-state index is 0.852. The Balaban J connectivity index is 6.05. The van der Waals surface area contributed by atoms with E-state index in [9.17, 15) is 0 Å². The van der Waals surface area contributed by atoms with Gasteiger partial charge in [-0.05, 0) is 99.6 Å².